The lowest BCUT2D eigenvalue weighted by atomic mass is 10.1. The Labute approximate surface area is 111 Å². The Morgan fingerprint density at radius 2 is 2.25 bits per heavy atom. The van der Waals surface area contributed by atoms with Gasteiger partial charge in [0.25, 0.3) is 0 Å². The lowest BCUT2D eigenvalue weighted by Crippen LogP contribution is -2.29. The summed E-state index contributed by atoms with van der Waals surface area (Å²) in [7, 11) is 0. The maximum atomic E-state index is 5.87. The number of hydrogen-bond acceptors (Lipinski definition) is 4. The van der Waals surface area contributed by atoms with Crippen molar-refractivity contribution < 1.29 is 4.42 Å². The molecule has 0 aromatic carbocycles. The van der Waals surface area contributed by atoms with Crippen LogP contribution in [-0.2, 0) is 6.42 Å². The van der Waals surface area contributed by atoms with Gasteiger partial charge in [-0.05, 0) is 40.2 Å². The Bertz CT molecular complexity index is 471. The first kappa shape index (κ1) is 12.1. The molecule has 16 heavy (non-hydrogen) atoms. The number of thiophene rings is 1. The molecule has 3 N–H and O–H groups in total. The summed E-state index contributed by atoms with van der Waals surface area (Å²) < 4.78 is 6.95. The maximum absolute atomic E-state index is 5.87. The lowest BCUT2D eigenvalue weighted by molar-refractivity contribution is 0.406. The summed E-state index contributed by atoms with van der Waals surface area (Å²) in [6, 6.07) is 7.58. The predicted molar refractivity (Wildman–Crippen MR) is 69.5 cm³/mol. The highest BCUT2D eigenvalue weighted by atomic mass is 79.9. The molecule has 86 valence electrons. The molecule has 1 unspecified atom stereocenters. The largest absolute Gasteiger partial charge is 0.453 e. The molecule has 2 rings (SSSR count). The second kappa shape index (κ2) is 5.33. The van der Waals surface area contributed by atoms with Crippen molar-refractivity contribution in [3.05, 3.63) is 43.9 Å². The van der Waals surface area contributed by atoms with Crippen LogP contribution in [0.5, 0.6) is 0 Å². The standard InChI is InChI=1S/C10H10BrClN2OS/c11-9-3-2-8(15-9)7(14-13)5-6-1-4-10(12)16-6/h1-4,7,14H,5,13H2. The van der Waals surface area contributed by atoms with E-state index in [1.54, 1.807) is 11.3 Å². The number of nitrogens with two attached hydrogens (primary N) is 1. The average Bonchev–Trinajstić information content (AvgIpc) is 2.84. The van der Waals surface area contributed by atoms with Crippen LogP contribution < -0.4 is 11.3 Å². The zero-order valence-corrected chi connectivity index (χ0v) is 11.4. The van der Waals surface area contributed by atoms with Crippen LogP contribution in [0.4, 0.5) is 0 Å². The van der Waals surface area contributed by atoms with E-state index in [1.807, 2.05) is 24.3 Å². The quantitative estimate of drug-likeness (QED) is 0.669. The second-order valence-electron chi connectivity index (χ2n) is 3.27. The van der Waals surface area contributed by atoms with Gasteiger partial charge in [0, 0.05) is 11.3 Å². The molecule has 0 saturated heterocycles. The molecule has 2 aromatic rings. The van der Waals surface area contributed by atoms with Gasteiger partial charge in [0.2, 0.25) is 0 Å². The zero-order valence-electron chi connectivity index (χ0n) is 8.24. The van der Waals surface area contributed by atoms with Gasteiger partial charge >= 0.3 is 0 Å². The molecule has 0 aliphatic heterocycles. The Balaban J connectivity index is 2.12. The van der Waals surface area contributed by atoms with E-state index in [1.165, 1.54) is 4.88 Å². The second-order valence-corrected chi connectivity index (χ2v) is 5.85. The van der Waals surface area contributed by atoms with Crippen molar-refractivity contribution in [2.24, 2.45) is 5.84 Å². The highest BCUT2D eigenvalue weighted by molar-refractivity contribution is 9.10. The summed E-state index contributed by atoms with van der Waals surface area (Å²) >= 11 is 10.7. The molecular weight excluding hydrogens is 312 g/mol. The summed E-state index contributed by atoms with van der Waals surface area (Å²) in [5.74, 6) is 6.32. The Hall–Kier alpha value is -0.330. The third kappa shape index (κ3) is 2.87. The SMILES string of the molecule is NNC(Cc1ccc(Cl)s1)c1ccc(Br)o1. The molecule has 0 aliphatic rings. The van der Waals surface area contributed by atoms with Crippen molar-refractivity contribution in [3.63, 3.8) is 0 Å². The Morgan fingerprint density at radius 1 is 1.44 bits per heavy atom. The summed E-state index contributed by atoms with van der Waals surface area (Å²) in [6.45, 7) is 0. The van der Waals surface area contributed by atoms with Gasteiger partial charge in [-0.1, -0.05) is 11.6 Å². The number of halogens is 2. The molecule has 2 aromatic heterocycles. The lowest BCUT2D eigenvalue weighted by Gasteiger charge is -2.11. The van der Waals surface area contributed by atoms with E-state index in [4.69, 9.17) is 21.9 Å². The zero-order chi connectivity index (χ0) is 11.5. The first-order valence-electron chi connectivity index (χ1n) is 4.64. The fourth-order valence-electron chi connectivity index (χ4n) is 1.42. The van der Waals surface area contributed by atoms with Gasteiger partial charge in [-0.15, -0.1) is 11.3 Å². The molecule has 0 spiro atoms. The van der Waals surface area contributed by atoms with Crippen molar-refractivity contribution >= 4 is 38.9 Å². The average molecular weight is 322 g/mol. The van der Waals surface area contributed by atoms with Gasteiger partial charge in [-0.25, -0.2) is 5.43 Å². The van der Waals surface area contributed by atoms with Crippen molar-refractivity contribution in [2.45, 2.75) is 12.5 Å². The molecule has 0 saturated carbocycles. The van der Waals surface area contributed by atoms with Crippen LogP contribution >= 0.6 is 38.9 Å². The first-order chi connectivity index (χ1) is 7.69. The summed E-state index contributed by atoms with van der Waals surface area (Å²) in [4.78, 5) is 1.17. The van der Waals surface area contributed by atoms with Gasteiger partial charge in [0.15, 0.2) is 4.67 Å². The molecule has 6 heteroatoms. The molecule has 0 aliphatic carbocycles. The van der Waals surface area contributed by atoms with Gasteiger partial charge in [-0.3, -0.25) is 5.84 Å². The van der Waals surface area contributed by atoms with E-state index in [-0.39, 0.29) is 6.04 Å². The summed E-state index contributed by atoms with van der Waals surface area (Å²) in [6.07, 6.45) is 0.758. The van der Waals surface area contributed by atoms with E-state index in [2.05, 4.69) is 21.4 Å². The number of hydrazine groups is 1. The van der Waals surface area contributed by atoms with Gasteiger partial charge < -0.3 is 4.42 Å². The van der Waals surface area contributed by atoms with Crippen LogP contribution in [0.2, 0.25) is 4.34 Å². The van der Waals surface area contributed by atoms with Crippen LogP contribution in [0.25, 0.3) is 0 Å². The molecule has 0 amide bonds. The third-order valence-corrected chi connectivity index (χ3v) is 3.85. The van der Waals surface area contributed by atoms with E-state index < -0.39 is 0 Å². The Morgan fingerprint density at radius 3 is 2.75 bits per heavy atom. The van der Waals surface area contributed by atoms with Crippen LogP contribution in [0.3, 0.4) is 0 Å². The van der Waals surface area contributed by atoms with Crippen molar-refractivity contribution in [2.75, 3.05) is 0 Å². The van der Waals surface area contributed by atoms with E-state index >= 15 is 0 Å². The number of furan rings is 1. The molecule has 0 radical (unpaired) electrons. The molecular formula is C10H10BrClN2OS. The van der Waals surface area contributed by atoms with Gasteiger partial charge in [-0.2, -0.15) is 0 Å². The normalized spacial score (nSPS) is 12.9. The number of rotatable bonds is 4. The number of hydrogen-bond donors (Lipinski definition) is 2. The fourth-order valence-corrected chi connectivity index (χ4v) is 2.87. The van der Waals surface area contributed by atoms with Crippen LogP contribution in [-0.4, -0.2) is 0 Å². The minimum atomic E-state index is -0.0407. The molecule has 2 heterocycles. The van der Waals surface area contributed by atoms with Crippen LogP contribution in [0, 0.1) is 0 Å². The molecule has 0 bridgehead atoms. The first-order valence-corrected chi connectivity index (χ1v) is 6.63. The predicted octanol–water partition coefficient (Wildman–Crippen LogP) is 3.50. The summed E-state index contributed by atoms with van der Waals surface area (Å²) in [5.41, 5.74) is 2.74. The minimum Gasteiger partial charge on any atom is -0.453 e. The smallest absolute Gasteiger partial charge is 0.169 e. The van der Waals surface area contributed by atoms with Crippen molar-refractivity contribution in [3.8, 4) is 0 Å². The molecule has 1 atom stereocenters. The van der Waals surface area contributed by atoms with E-state index in [0.717, 1.165) is 16.5 Å². The Kier molecular flexibility index (Phi) is 4.05. The molecule has 3 nitrogen and oxygen atoms in total. The maximum Gasteiger partial charge on any atom is 0.169 e. The van der Waals surface area contributed by atoms with Crippen LogP contribution in [0.1, 0.15) is 16.7 Å². The van der Waals surface area contributed by atoms with Crippen LogP contribution in [0.15, 0.2) is 33.4 Å². The minimum absolute atomic E-state index is 0.0407. The van der Waals surface area contributed by atoms with Gasteiger partial charge in [0.05, 0.1) is 10.4 Å². The number of nitrogens with one attached hydrogen (secondary N) is 1. The summed E-state index contributed by atoms with van der Waals surface area (Å²) in [5, 5.41) is 0. The topological polar surface area (TPSA) is 51.2 Å². The highest BCUT2D eigenvalue weighted by Crippen LogP contribution is 2.27. The van der Waals surface area contributed by atoms with E-state index in [9.17, 15) is 0 Å². The van der Waals surface area contributed by atoms with Gasteiger partial charge in [0.1, 0.15) is 5.76 Å². The monoisotopic (exact) mass is 320 g/mol. The van der Waals surface area contributed by atoms with E-state index in [0.29, 0.717) is 4.67 Å². The molecule has 0 fully saturated rings. The van der Waals surface area contributed by atoms with Crippen molar-refractivity contribution in [1.29, 1.82) is 0 Å². The third-order valence-electron chi connectivity index (χ3n) is 2.17. The highest BCUT2D eigenvalue weighted by Gasteiger charge is 2.15. The van der Waals surface area contributed by atoms with Crippen molar-refractivity contribution in [1.82, 2.24) is 5.43 Å². The fraction of sp³-hybridized carbons (Fsp3) is 0.200.